The first-order valence-electron chi connectivity index (χ1n) is 9.62. The van der Waals surface area contributed by atoms with E-state index in [9.17, 15) is 14.9 Å². The van der Waals surface area contributed by atoms with Crippen molar-refractivity contribution in [3.05, 3.63) is 56.7 Å². The van der Waals surface area contributed by atoms with E-state index in [4.69, 9.17) is 14.2 Å². The maximum Gasteiger partial charge on any atom is 0.344 e. The summed E-state index contributed by atoms with van der Waals surface area (Å²) < 4.78 is 16.8. The van der Waals surface area contributed by atoms with E-state index in [1.807, 2.05) is 54.6 Å². The summed E-state index contributed by atoms with van der Waals surface area (Å²) in [5, 5.41) is 12.2. The molecular formula is C23H23IN2O5. The highest BCUT2D eigenvalue weighted by atomic mass is 127. The van der Waals surface area contributed by atoms with Crippen molar-refractivity contribution < 1.29 is 23.8 Å². The lowest BCUT2D eigenvalue weighted by molar-refractivity contribution is -0.145. The molecule has 0 aromatic heterocycles. The van der Waals surface area contributed by atoms with Crippen LogP contribution in [0.4, 0.5) is 5.69 Å². The van der Waals surface area contributed by atoms with E-state index < -0.39 is 11.9 Å². The molecule has 0 unspecified atom stereocenters. The minimum Gasteiger partial charge on any atom is -0.490 e. The van der Waals surface area contributed by atoms with Gasteiger partial charge in [-0.05, 0) is 79.3 Å². The van der Waals surface area contributed by atoms with Crippen molar-refractivity contribution in [3.63, 3.8) is 0 Å². The van der Waals surface area contributed by atoms with Gasteiger partial charge in [-0.2, -0.15) is 5.26 Å². The average Bonchev–Trinajstić information content (AvgIpc) is 2.73. The summed E-state index contributed by atoms with van der Waals surface area (Å²) in [6.07, 6.45) is 1.48. The maximum atomic E-state index is 12.5. The average molecular weight is 534 g/mol. The Balaban J connectivity index is 2.27. The number of hydrogen-bond acceptors (Lipinski definition) is 6. The molecule has 0 saturated heterocycles. The number of halogens is 1. The van der Waals surface area contributed by atoms with E-state index in [0.29, 0.717) is 32.9 Å². The number of nitrogens with zero attached hydrogens (tertiary/aromatic N) is 1. The van der Waals surface area contributed by atoms with E-state index in [1.54, 1.807) is 31.2 Å². The maximum absolute atomic E-state index is 12.5. The van der Waals surface area contributed by atoms with Crippen LogP contribution in [0.1, 0.15) is 25.0 Å². The van der Waals surface area contributed by atoms with Crippen molar-refractivity contribution in [3.8, 4) is 17.6 Å². The summed E-state index contributed by atoms with van der Waals surface area (Å²) in [5.41, 5.74) is 2.20. The molecule has 0 atom stereocenters. The molecular weight excluding hydrogens is 511 g/mol. The summed E-state index contributed by atoms with van der Waals surface area (Å²) in [5.74, 6) is -0.192. The Morgan fingerprint density at radius 2 is 1.84 bits per heavy atom. The lowest BCUT2D eigenvalue weighted by Crippen LogP contribution is -2.15. The third kappa shape index (κ3) is 7.29. The molecule has 162 valence electrons. The number of rotatable bonds is 9. The van der Waals surface area contributed by atoms with Crippen LogP contribution >= 0.6 is 22.6 Å². The molecule has 0 aliphatic heterocycles. The van der Waals surface area contributed by atoms with Crippen LogP contribution in [0.2, 0.25) is 0 Å². The molecule has 0 aliphatic rings. The fraction of sp³-hybridized carbons (Fsp3) is 0.261. The molecule has 0 radical (unpaired) electrons. The molecule has 2 aromatic rings. The molecule has 0 spiro atoms. The van der Waals surface area contributed by atoms with Gasteiger partial charge in [0.1, 0.15) is 11.6 Å². The minimum absolute atomic E-state index is 0.0565. The summed E-state index contributed by atoms with van der Waals surface area (Å²) in [4.78, 5) is 24.1. The largest absolute Gasteiger partial charge is 0.490 e. The number of nitriles is 1. The van der Waals surface area contributed by atoms with Crippen molar-refractivity contribution >= 4 is 46.2 Å². The number of esters is 1. The number of ether oxygens (including phenoxy) is 3. The number of nitrogens with one attached hydrogen (secondary N) is 1. The Hall–Kier alpha value is -3.06. The molecule has 0 bridgehead atoms. The van der Waals surface area contributed by atoms with Crippen LogP contribution in [-0.4, -0.2) is 31.7 Å². The molecule has 0 saturated carbocycles. The van der Waals surface area contributed by atoms with E-state index in [1.165, 1.54) is 6.08 Å². The van der Waals surface area contributed by atoms with Crippen LogP contribution in [-0.2, 0) is 14.3 Å². The predicted octanol–water partition coefficient (Wildman–Crippen LogP) is 4.49. The van der Waals surface area contributed by atoms with Crippen molar-refractivity contribution in [1.82, 2.24) is 0 Å². The molecule has 2 rings (SSSR count). The van der Waals surface area contributed by atoms with Crippen molar-refractivity contribution in [2.75, 3.05) is 25.1 Å². The van der Waals surface area contributed by atoms with Gasteiger partial charge in [0.25, 0.3) is 5.91 Å². The highest BCUT2D eigenvalue weighted by Crippen LogP contribution is 2.35. The second-order valence-electron chi connectivity index (χ2n) is 6.35. The normalized spacial score (nSPS) is 10.7. The molecule has 8 heteroatoms. The minimum atomic E-state index is -0.512. The first-order valence-corrected chi connectivity index (χ1v) is 10.7. The van der Waals surface area contributed by atoms with Crippen LogP contribution in [0.5, 0.6) is 11.5 Å². The molecule has 1 amide bonds. The van der Waals surface area contributed by atoms with Gasteiger partial charge in [0.2, 0.25) is 0 Å². The van der Waals surface area contributed by atoms with Gasteiger partial charge in [-0.15, -0.1) is 0 Å². The van der Waals surface area contributed by atoms with Crippen molar-refractivity contribution in [2.24, 2.45) is 0 Å². The van der Waals surface area contributed by atoms with E-state index in [0.717, 1.165) is 5.56 Å². The number of benzene rings is 2. The zero-order valence-electron chi connectivity index (χ0n) is 17.5. The smallest absolute Gasteiger partial charge is 0.344 e. The Labute approximate surface area is 195 Å². The standard InChI is InChI=1S/C23H23IN2O5/c1-4-29-20-12-16(11-19(24)22(20)31-14-21(27)30-5-2)10-17(13-25)23(28)26-18-8-6-15(3)7-9-18/h6-12H,4-5,14H2,1-3H3,(H,26,28)/b17-10+. The Morgan fingerprint density at radius 1 is 1.13 bits per heavy atom. The lowest BCUT2D eigenvalue weighted by Gasteiger charge is -2.14. The SMILES string of the molecule is CCOC(=O)COc1c(I)cc(/C=C(\C#N)C(=O)Nc2ccc(C)cc2)cc1OCC. The van der Waals surface area contributed by atoms with Gasteiger partial charge in [-0.3, -0.25) is 4.79 Å². The Kier molecular flexibility index (Phi) is 9.34. The van der Waals surface area contributed by atoms with Crippen LogP contribution in [0.15, 0.2) is 42.0 Å². The quantitative estimate of drug-likeness (QED) is 0.221. The van der Waals surface area contributed by atoms with Crippen molar-refractivity contribution in [1.29, 1.82) is 5.26 Å². The zero-order valence-corrected chi connectivity index (χ0v) is 19.7. The van der Waals surface area contributed by atoms with Gasteiger partial charge in [0.05, 0.1) is 16.8 Å². The summed E-state index contributed by atoms with van der Waals surface area (Å²) in [6.45, 7) is 5.88. The van der Waals surface area contributed by atoms with Gasteiger partial charge in [0, 0.05) is 5.69 Å². The monoisotopic (exact) mass is 534 g/mol. The molecule has 7 nitrogen and oxygen atoms in total. The Morgan fingerprint density at radius 3 is 2.45 bits per heavy atom. The van der Waals surface area contributed by atoms with Crippen LogP contribution in [0.3, 0.4) is 0 Å². The third-order valence-corrected chi connectivity index (χ3v) is 4.76. The third-order valence-electron chi connectivity index (χ3n) is 3.96. The molecule has 31 heavy (non-hydrogen) atoms. The Bertz CT molecular complexity index is 1010. The molecule has 0 aliphatic carbocycles. The number of anilines is 1. The molecule has 0 heterocycles. The zero-order chi connectivity index (χ0) is 22.8. The highest BCUT2D eigenvalue weighted by Gasteiger charge is 2.16. The molecule has 2 aromatic carbocycles. The lowest BCUT2D eigenvalue weighted by atomic mass is 10.1. The second-order valence-corrected chi connectivity index (χ2v) is 7.51. The van der Waals surface area contributed by atoms with Gasteiger partial charge >= 0.3 is 5.97 Å². The van der Waals surface area contributed by atoms with Gasteiger partial charge < -0.3 is 19.5 Å². The predicted molar refractivity (Wildman–Crippen MR) is 126 cm³/mol. The number of aryl methyl sites for hydroxylation is 1. The van der Waals surface area contributed by atoms with Gasteiger partial charge in [-0.25, -0.2) is 4.79 Å². The van der Waals surface area contributed by atoms with E-state index in [2.05, 4.69) is 5.32 Å². The number of carbonyl (C=O) groups is 2. The van der Waals surface area contributed by atoms with Gasteiger partial charge in [-0.1, -0.05) is 17.7 Å². The van der Waals surface area contributed by atoms with Crippen LogP contribution in [0, 0.1) is 21.8 Å². The number of carbonyl (C=O) groups excluding carboxylic acids is 2. The van der Waals surface area contributed by atoms with Gasteiger partial charge in [0.15, 0.2) is 18.1 Å². The fourth-order valence-corrected chi connectivity index (χ4v) is 3.34. The molecule has 1 N–H and O–H groups in total. The number of amides is 1. The van der Waals surface area contributed by atoms with E-state index >= 15 is 0 Å². The molecule has 0 fully saturated rings. The summed E-state index contributed by atoms with van der Waals surface area (Å²) >= 11 is 2.05. The highest BCUT2D eigenvalue weighted by molar-refractivity contribution is 14.1. The first-order chi connectivity index (χ1) is 14.9. The van der Waals surface area contributed by atoms with E-state index in [-0.39, 0.29) is 18.8 Å². The van der Waals surface area contributed by atoms with Crippen molar-refractivity contribution in [2.45, 2.75) is 20.8 Å². The second kappa shape index (κ2) is 12.0. The van der Waals surface area contributed by atoms with Crippen LogP contribution < -0.4 is 14.8 Å². The first kappa shape index (κ1) is 24.2. The number of hydrogen-bond donors (Lipinski definition) is 1. The van der Waals surface area contributed by atoms with Crippen LogP contribution in [0.25, 0.3) is 6.08 Å². The summed E-state index contributed by atoms with van der Waals surface area (Å²) in [7, 11) is 0. The topological polar surface area (TPSA) is 97.7 Å². The summed E-state index contributed by atoms with van der Waals surface area (Å²) in [6, 6.07) is 12.6. The fourth-order valence-electron chi connectivity index (χ4n) is 2.56.